The van der Waals surface area contributed by atoms with Crippen molar-refractivity contribution in [1.29, 1.82) is 0 Å². The molecule has 27 heavy (non-hydrogen) atoms. The van der Waals surface area contributed by atoms with Gasteiger partial charge in [-0.25, -0.2) is 9.97 Å². The number of hydrogen-bond donors (Lipinski definition) is 1. The normalized spacial score (nSPS) is 13.6. The van der Waals surface area contributed by atoms with Crippen molar-refractivity contribution < 1.29 is 9.59 Å². The van der Waals surface area contributed by atoms with Crippen molar-refractivity contribution in [2.45, 2.75) is 26.2 Å². The lowest BCUT2D eigenvalue weighted by molar-refractivity contribution is -0.117. The van der Waals surface area contributed by atoms with E-state index in [0.29, 0.717) is 11.6 Å². The van der Waals surface area contributed by atoms with Gasteiger partial charge in [0.05, 0.1) is 11.2 Å². The van der Waals surface area contributed by atoms with Gasteiger partial charge >= 0.3 is 0 Å². The molecule has 1 aromatic heterocycles. The molecule has 2 amide bonds. The number of primary amides is 1. The fourth-order valence-electron chi connectivity index (χ4n) is 3.07. The van der Waals surface area contributed by atoms with Crippen LogP contribution in [0.15, 0.2) is 30.5 Å². The number of benzene rings is 1. The van der Waals surface area contributed by atoms with Crippen LogP contribution in [0.1, 0.15) is 35.3 Å². The second-order valence-electron chi connectivity index (χ2n) is 6.57. The summed E-state index contributed by atoms with van der Waals surface area (Å²) in [6.45, 7) is 3.80. The molecule has 1 aliphatic rings. The standard InChI is InChI=1S/C19H22ClN5O2/c1-13-5-4-6-14(11-13)25(10-7-16(21)26)18(27)17-15(20)12-22-19(23-17)24-8-2-3-9-24/h4-6,11-12H,2-3,7-10H2,1H3,(H2,21,26). The lowest BCUT2D eigenvalue weighted by Gasteiger charge is -2.23. The van der Waals surface area contributed by atoms with E-state index in [1.54, 1.807) is 0 Å². The maximum absolute atomic E-state index is 13.2. The van der Waals surface area contributed by atoms with Crippen LogP contribution in [0.4, 0.5) is 11.6 Å². The predicted molar refractivity (Wildman–Crippen MR) is 105 cm³/mol. The van der Waals surface area contributed by atoms with Crippen molar-refractivity contribution in [3.05, 3.63) is 46.7 Å². The number of aromatic nitrogens is 2. The van der Waals surface area contributed by atoms with Gasteiger partial charge in [-0.3, -0.25) is 9.59 Å². The number of nitrogens with zero attached hydrogens (tertiary/aromatic N) is 4. The van der Waals surface area contributed by atoms with Gasteiger partial charge in [0.15, 0.2) is 5.69 Å². The molecule has 7 nitrogen and oxygen atoms in total. The van der Waals surface area contributed by atoms with Gasteiger partial charge in [0, 0.05) is 31.7 Å². The van der Waals surface area contributed by atoms with Gasteiger partial charge in [0.2, 0.25) is 11.9 Å². The molecule has 0 bridgehead atoms. The number of aryl methyl sites for hydroxylation is 1. The highest BCUT2D eigenvalue weighted by Gasteiger charge is 2.25. The minimum absolute atomic E-state index is 0.0430. The molecule has 0 atom stereocenters. The van der Waals surface area contributed by atoms with Crippen molar-refractivity contribution in [1.82, 2.24) is 9.97 Å². The summed E-state index contributed by atoms with van der Waals surface area (Å²) in [5.41, 5.74) is 7.08. The lowest BCUT2D eigenvalue weighted by atomic mass is 10.2. The summed E-state index contributed by atoms with van der Waals surface area (Å²) >= 11 is 6.24. The summed E-state index contributed by atoms with van der Waals surface area (Å²) in [6, 6.07) is 7.47. The molecule has 2 aromatic rings. The highest BCUT2D eigenvalue weighted by atomic mass is 35.5. The summed E-state index contributed by atoms with van der Waals surface area (Å²) in [5, 5.41) is 0.180. The minimum atomic E-state index is -0.480. The first-order valence-corrected chi connectivity index (χ1v) is 9.28. The van der Waals surface area contributed by atoms with Crippen LogP contribution in [-0.2, 0) is 4.79 Å². The average Bonchev–Trinajstić information content (AvgIpc) is 3.16. The molecule has 1 aromatic carbocycles. The molecule has 2 heterocycles. The SMILES string of the molecule is Cc1cccc(N(CCC(N)=O)C(=O)c2nc(N3CCCC3)ncc2Cl)c1. The Hall–Kier alpha value is -2.67. The third kappa shape index (κ3) is 4.54. The Labute approximate surface area is 163 Å². The van der Waals surface area contributed by atoms with Crippen molar-refractivity contribution in [3.8, 4) is 0 Å². The first-order valence-electron chi connectivity index (χ1n) is 8.90. The van der Waals surface area contributed by atoms with Gasteiger partial charge < -0.3 is 15.5 Å². The third-order valence-electron chi connectivity index (χ3n) is 4.46. The number of carbonyl (C=O) groups is 2. The molecule has 1 aliphatic heterocycles. The average molecular weight is 388 g/mol. The summed E-state index contributed by atoms with van der Waals surface area (Å²) in [6.07, 6.45) is 3.64. The third-order valence-corrected chi connectivity index (χ3v) is 4.74. The van der Waals surface area contributed by atoms with Crippen LogP contribution in [0.25, 0.3) is 0 Å². The van der Waals surface area contributed by atoms with Crippen molar-refractivity contribution >= 4 is 35.1 Å². The van der Waals surface area contributed by atoms with E-state index in [4.69, 9.17) is 17.3 Å². The summed E-state index contributed by atoms with van der Waals surface area (Å²) in [4.78, 5) is 36.7. The van der Waals surface area contributed by atoms with Crippen LogP contribution >= 0.6 is 11.6 Å². The highest BCUT2D eigenvalue weighted by Crippen LogP contribution is 2.24. The van der Waals surface area contributed by atoms with E-state index in [2.05, 4.69) is 9.97 Å². The van der Waals surface area contributed by atoms with Gasteiger partial charge in [-0.2, -0.15) is 0 Å². The van der Waals surface area contributed by atoms with E-state index < -0.39 is 5.91 Å². The van der Waals surface area contributed by atoms with E-state index in [1.165, 1.54) is 11.1 Å². The molecule has 1 fully saturated rings. The molecule has 0 saturated carbocycles. The quantitative estimate of drug-likeness (QED) is 0.822. The second-order valence-corrected chi connectivity index (χ2v) is 6.98. The number of amides is 2. The molecular weight excluding hydrogens is 366 g/mol. The summed E-state index contributed by atoms with van der Waals surface area (Å²) in [5.74, 6) is -0.360. The fourth-order valence-corrected chi connectivity index (χ4v) is 3.24. The van der Waals surface area contributed by atoms with E-state index in [1.807, 2.05) is 36.1 Å². The zero-order valence-electron chi connectivity index (χ0n) is 15.2. The topological polar surface area (TPSA) is 92.4 Å². The van der Waals surface area contributed by atoms with Gasteiger partial charge in [-0.15, -0.1) is 0 Å². The molecule has 0 aliphatic carbocycles. The number of halogens is 1. The largest absolute Gasteiger partial charge is 0.370 e. The Morgan fingerprint density at radius 2 is 2.04 bits per heavy atom. The first-order chi connectivity index (χ1) is 13.0. The maximum atomic E-state index is 13.2. The van der Waals surface area contributed by atoms with Gasteiger partial charge in [0.1, 0.15) is 0 Å². The molecule has 2 N–H and O–H groups in total. The van der Waals surface area contributed by atoms with Gasteiger partial charge in [-0.05, 0) is 37.5 Å². The van der Waals surface area contributed by atoms with Crippen LogP contribution in [0.3, 0.4) is 0 Å². The van der Waals surface area contributed by atoms with Crippen LogP contribution < -0.4 is 15.5 Å². The van der Waals surface area contributed by atoms with Gasteiger partial charge in [-0.1, -0.05) is 23.7 Å². The van der Waals surface area contributed by atoms with Crippen LogP contribution in [0.2, 0.25) is 5.02 Å². The first kappa shape index (κ1) is 19.1. The van der Waals surface area contributed by atoms with E-state index >= 15 is 0 Å². The lowest BCUT2D eigenvalue weighted by Crippen LogP contribution is -2.35. The number of carbonyl (C=O) groups excluding carboxylic acids is 2. The summed E-state index contributed by atoms with van der Waals surface area (Å²) in [7, 11) is 0. The number of nitrogens with two attached hydrogens (primary N) is 1. The minimum Gasteiger partial charge on any atom is -0.370 e. The van der Waals surface area contributed by atoms with Crippen molar-refractivity contribution in [2.24, 2.45) is 5.73 Å². The Kier molecular flexibility index (Phi) is 5.91. The smallest absolute Gasteiger partial charge is 0.278 e. The monoisotopic (exact) mass is 387 g/mol. The van der Waals surface area contributed by atoms with Crippen LogP contribution in [-0.4, -0.2) is 41.4 Å². The van der Waals surface area contributed by atoms with Crippen LogP contribution in [0.5, 0.6) is 0 Å². The van der Waals surface area contributed by atoms with E-state index in [-0.39, 0.29) is 29.6 Å². The summed E-state index contributed by atoms with van der Waals surface area (Å²) < 4.78 is 0. The van der Waals surface area contributed by atoms with Crippen LogP contribution in [0, 0.1) is 6.92 Å². The molecule has 142 valence electrons. The Bertz CT molecular complexity index is 852. The molecule has 1 saturated heterocycles. The van der Waals surface area contributed by atoms with Crippen molar-refractivity contribution in [2.75, 3.05) is 29.4 Å². The Morgan fingerprint density at radius 3 is 2.70 bits per heavy atom. The number of rotatable bonds is 6. The van der Waals surface area contributed by atoms with E-state index in [0.717, 1.165) is 31.5 Å². The number of hydrogen-bond acceptors (Lipinski definition) is 5. The molecule has 0 unspecified atom stereocenters. The highest BCUT2D eigenvalue weighted by molar-refractivity contribution is 6.34. The Morgan fingerprint density at radius 1 is 1.30 bits per heavy atom. The molecular formula is C19H22ClN5O2. The zero-order valence-corrected chi connectivity index (χ0v) is 15.9. The maximum Gasteiger partial charge on any atom is 0.278 e. The molecule has 3 rings (SSSR count). The molecule has 0 radical (unpaired) electrons. The zero-order chi connectivity index (χ0) is 19.4. The second kappa shape index (κ2) is 8.35. The predicted octanol–water partition coefficient (Wildman–Crippen LogP) is 2.56. The Balaban J connectivity index is 1.95. The molecule has 8 heteroatoms. The van der Waals surface area contributed by atoms with E-state index in [9.17, 15) is 9.59 Å². The van der Waals surface area contributed by atoms with Crippen molar-refractivity contribution in [3.63, 3.8) is 0 Å². The van der Waals surface area contributed by atoms with Gasteiger partial charge in [0.25, 0.3) is 5.91 Å². The fraction of sp³-hybridized carbons (Fsp3) is 0.368. The molecule has 0 spiro atoms. The number of anilines is 2.